The largest absolute Gasteiger partial charge is 0.486 e. The van der Waals surface area contributed by atoms with Crippen LogP contribution in [0.2, 0.25) is 0 Å². The zero-order valence-electron chi connectivity index (χ0n) is 8.04. The third-order valence-electron chi connectivity index (χ3n) is 1.90. The van der Waals surface area contributed by atoms with Crippen LogP contribution < -0.4 is 4.74 Å². The average Bonchev–Trinajstić information content (AvgIpc) is 2.66. The molecule has 0 aliphatic heterocycles. The van der Waals surface area contributed by atoms with Crippen molar-refractivity contribution in [2.45, 2.75) is 6.61 Å². The lowest BCUT2D eigenvalue weighted by atomic mass is 10.3. The minimum absolute atomic E-state index is 0.309. The second-order valence-corrected chi connectivity index (χ2v) is 4.71. The van der Waals surface area contributed by atoms with E-state index in [0.29, 0.717) is 27.3 Å². The maximum absolute atomic E-state index is 12.9. The van der Waals surface area contributed by atoms with Gasteiger partial charge in [0.25, 0.3) is 0 Å². The van der Waals surface area contributed by atoms with Crippen molar-refractivity contribution in [3.8, 4) is 5.75 Å². The molecule has 0 bridgehead atoms. The van der Waals surface area contributed by atoms with Gasteiger partial charge in [-0.3, -0.25) is 0 Å². The van der Waals surface area contributed by atoms with Gasteiger partial charge in [-0.15, -0.1) is 0 Å². The first-order valence-corrected chi connectivity index (χ1v) is 6.06. The van der Waals surface area contributed by atoms with Gasteiger partial charge in [-0.05, 0) is 62.2 Å². The van der Waals surface area contributed by atoms with Gasteiger partial charge in [-0.2, -0.15) is 0 Å². The van der Waals surface area contributed by atoms with E-state index in [1.54, 1.807) is 18.2 Å². The van der Waals surface area contributed by atoms with Crippen molar-refractivity contribution in [3.63, 3.8) is 0 Å². The number of hydrogen-bond acceptors (Lipinski definition) is 2. The number of rotatable bonds is 3. The van der Waals surface area contributed by atoms with E-state index in [4.69, 9.17) is 9.15 Å². The molecule has 1 aromatic heterocycles. The van der Waals surface area contributed by atoms with Crippen LogP contribution in [-0.2, 0) is 6.61 Å². The zero-order valence-corrected chi connectivity index (χ0v) is 11.2. The molecule has 84 valence electrons. The predicted molar refractivity (Wildman–Crippen MR) is 64.8 cm³/mol. The summed E-state index contributed by atoms with van der Waals surface area (Å²) >= 11 is 6.29. The zero-order chi connectivity index (χ0) is 11.5. The lowest BCUT2D eigenvalue weighted by Gasteiger charge is -2.04. The van der Waals surface area contributed by atoms with E-state index in [0.717, 1.165) is 0 Å². The molecular weight excluding hydrogens is 343 g/mol. The molecule has 0 fully saturated rings. The maximum atomic E-state index is 12.9. The number of halogens is 3. The molecule has 0 saturated carbocycles. The van der Waals surface area contributed by atoms with Crippen molar-refractivity contribution in [2.75, 3.05) is 0 Å². The summed E-state index contributed by atoms with van der Waals surface area (Å²) in [6, 6.07) is 8.09. The Morgan fingerprint density at radius 3 is 2.62 bits per heavy atom. The third-order valence-corrected chi connectivity index (χ3v) is 2.93. The second-order valence-electron chi connectivity index (χ2n) is 3.07. The predicted octanol–water partition coefficient (Wildman–Crippen LogP) is 4.52. The van der Waals surface area contributed by atoms with Crippen molar-refractivity contribution in [2.24, 2.45) is 0 Å². The van der Waals surface area contributed by atoms with Crippen LogP contribution in [-0.4, -0.2) is 0 Å². The minimum Gasteiger partial charge on any atom is -0.486 e. The monoisotopic (exact) mass is 348 g/mol. The van der Waals surface area contributed by atoms with E-state index in [1.807, 2.05) is 6.07 Å². The first-order valence-electron chi connectivity index (χ1n) is 4.47. The summed E-state index contributed by atoms with van der Waals surface area (Å²) in [6.07, 6.45) is 0. The molecule has 0 atom stereocenters. The second kappa shape index (κ2) is 5.01. The van der Waals surface area contributed by atoms with Gasteiger partial charge >= 0.3 is 0 Å². The van der Waals surface area contributed by atoms with E-state index >= 15 is 0 Å². The fraction of sp³-hybridized carbons (Fsp3) is 0.0909. The van der Waals surface area contributed by atoms with Crippen molar-refractivity contribution >= 4 is 31.9 Å². The number of benzene rings is 1. The minimum atomic E-state index is -0.312. The summed E-state index contributed by atoms with van der Waals surface area (Å²) in [5.41, 5.74) is 0. The molecule has 1 aromatic carbocycles. The first kappa shape index (κ1) is 11.7. The summed E-state index contributed by atoms with van der Waals surface area (Å²) in [7, 11) is 0. The summed E-state index contributed by atoms with van der Waals surface area (Å²) in [5.74, 6) is 0.973. The lowest BCUT2D eigenvalue weighted by molar-refractivity contribution is 0.267. The molecule has 2 aromatic rings. The van der Waals surface area contributed by atoms with Crippen molar-refractivity contribution < 1.29 is 13.5 Å². The summed E-state index contributed by atoms with van der Waals surface area (Å²) < 4.78 is 24.7. The van der Waals surface area contributed by atoms with Crippen LogP contribution in [0.15, 0.2) is 43.9 Å². The van der Waals surface area contributed by atoms with Gasteiger partial charge in [0.05, 0.1) is 4.47 Å². The van der Waals surface area contributed by atoms with Crippen molar-refractivity contribution in [1.82, 2.24) is 0 Å². The molecule has 0 amide bonds. The highest BCUT2D eigenvalue weighted by atomic mass is 79.9. The van der Waals surface area contributed by atoms with Crippen LogP contribution in [0.3, 0.4) is 0 Å². The van der Waals surface area contributed by atoms with Gasteiger partial charge < -0.3 is 9.15 Å². The van der Waals surface area contributed by atoms with Gasteiger partial charge in [0.2, 0.25) is 0 Å². The molecule has 5 heteroatoms. The SMILES string of the molecule is Fc1ccc(OCc2ccc(Br)o2)cc1Br. The van der Waals surface area contributed by atoms with Crippen molar-refractivity contribution in [1.29, 1.82) is 0 Å². The van der Waals surface area contributed by atoms with Gasteiger partial charge in [-0.25, -0.2) is 4.39 Å². The highest BCUT2D eigenvalue weighted by Crippen LogP contribution is 2.23. The van der Waals surface area contributed by atoms with E-state index in [-0.39, 0.29) is 5.82 Å². The summed E-state index contributed by atoms with van der Waals surface area (Å²) in [4.78, 5) is 0. The van der Waals surface area contributed by atoms with Crippen LogP contribution in [0.5, 0.6) is 5.75 Å². The van der Waals surface area contributed by atoms with Crippen LogP contribution in [0.25, 0.3) is 0 Å². The molecule has 0 unspecified atom stereocenters. The Bertz CT molecular complexity index is 496. The normalized spacial score (nSPS) is 10.4. The fourth-order valence-electron chi connectivity index (χ4n) is 1.15. The standard InChI is InChI=1S/C11H7Br2FO2/c12-9-5-7(1-3-10(9)14)15-6-8-2-4-11(13)16-8/h1-5H,6H2. The number of furan rings is 1. The Morgan fingerprint density at radius 2 is 2.00 bits per heavy atom. The van der Waals surface area contributed by atoms with E-state index < -0.39 is 0 Å². The average molecular weight is 350 g/mol. The molecule has 0 aliphatic carbocycles. The van der Waals surface area contributed by atoms with E-state index in [2.05, 4.69) is 31.9 Å². The van der Waals surface area contributed by atoms with Gasteiger partial charge in [-0.1, -0.05) is 0 Å². The quantitative estimate of drug-likeness (QED) is 0.812. The van der Waals surface area contributed by atoms with E-state index in [9.17, 15) is 4.39 Å². The fourth-order valence-corrected chi connectivity index (χ4v) is 1.85. The molecule has 0 spiro atoms. The van der Waals surface area contributed by atoms with E-state index in [1.165, 1.54) is 6.07 Å². The Morgan fingerprint density at radius 1 is 1.19 bits per heavy atom. The van der Waals surface area contributed by atoms with Gasteiger partial charge in [0, 0.05) is 0 Å². The molecule has 2 nitrogen and oxygen atoms in total. The molecule has 1 heterocycles. The highest BCUT2D eigenvalue weighted by molar-refractivity contribution is 9.10. The first-order chi connectivity index (χ1) is 7.65. The molecule has 0 aliphatic rings. The summed E-state index contributed by atoms with van der Waals surface area (Å²) in [6.45, 7) is 0.309. The molecular formula is C11H7Br2FO2. The smallest absolute Gasteiger partial charge is 0.169 e. The molecule has 16 heavy (non-hydrogen) atoms. The Labute approximate surface area is 109 Å². The number of hydrogen-bond donors (Lipinski definition) is 0. The Kier molecular flexibility index (Phi) is 3.66. The molecule has 2 rings (SSSR count). The lowest BCUT2D eigenvalue weighted by Crippen LogP contribution is -1.93. The Balaban J connectivity index is 2.02. The highest BCUT2D eigenvalue weighted by Gasteiger charge is 2.03. The third kappa shape index (κ3) is 2.86. The Hall–Kier alpha value is -0.810. The van der Waals surface area contributed by atoms with Gasteiger partial charge in [0.15, 0.2) is 4.67 Å². The molecule has 0 N–H and O–H groups in total. The van der Waals surface area contributed by atoms with Gasteiger partial charge in [0.1, 0.15) is 23.9 Å². The van der Waals surface area contributed by atoms with Crippen LogP contribution in [0.1, 0.15) is 5.76 Å². The van der Waals surface area contributed by atoms with Crippen LogP contribution >= 0.6 is 31.9 Å². The molecule has 0 saturated heterocycles. The maximum Gasteiger partial charge on any atom is 0.169 e. The number of ether oxygens (including phenoxy) is 1. The van der Waals surface area contributed by atoms with Crippen LogP contribution in [0.4, 0.5) is 4.39 Å². The topological polar surface area (TPSA) is 22.4 Å². The summed E-state index contributed by atoms with van der Waals surface area (Å²) in [5, 5.41) is 0. The molecule has 0 radical (unpaired) electrons. The van der Waals surface area contributed by atoms with Crippen LogP contribution in [0, 0.1) is 5.82 Å². The van der Waals surface area contributed by atoms with Crippen molar-refractivity contribution in [3.05, 3.63) is 51.1 Å².